The van der Waals surface area contributed by atoms with Gasteiger partial charge in [0.1, 0.15) is 6.54 Å². The summed E-state index contributed by atoms with van der Waals surface area (Å²) in [4.78, 5) is 35.1. The van der Waals surface area contributed by atoms with Crippen LogP contribution in [0.3, 0.4) is 0 Å². The highest BCUT2D eigenvalue weighted by atomic mass is 35.5. The molecule has 0 saturated heterocycles. The molecule has 1 aromatic rings. The van der Waals surface area contributed by atoms with Crippen LogP contribution in [-0.2, 0) is 11.3 Å². The number of nitrogens with one attached hydrogen (secondary N) is 1. The molecule has 1 aromatic heterocycles. The van der Waals surface area contributed by atoms with Gasteiger partial charge in [-0.1, -0.05) is 0 Å². The number of aromatic nitrogens is 2. The predicted molar refractivity (Wildman–Crippen MR) is 46.9 cm³/mol. The van der Waals surface area contributed by atoms with E-state index < -0.39 is 23.0 Å². The number of rotatable bonds is 2. The average molecular weight is 203 g/mol. The topological polar surface area (TPSA) is 71.9 Å². The SMILES string of the molecule is Cc1c[nH]c(=O)n(CC(=O)Cl)c1=O. The largest absolute Gasteiger partial charge is 0.328 e. The number of hydrogen-bond acceptors (Lipinski definition) is 3. The Labute approximate surface area is 78.0 Å². The van der Waals surface area contributed by atoms with Crippen molar-refractivity contribution in [3.8, 4) is 0 Å². The molecule has 0 aliphatic rings. The van der Waals surface area contributed by atoms with E-state index in [1.807, 2.05) is 0 Å². The Bertz CT molecular complexity index is 446. The molecule has 0 aromatic carbocycles. The van der Waals surface area contributed by atoms with Crippen LogP contribution in [0.25, 0.3) is 0 Å². The van der Waals surface area contributed by atoms with Crippen LogP contribution in [0.5, 0.6) is 0 Å². The molecular formula is C7H7ClN2O3. The fraction of sp³-hybridized carbons (Fsp3) is 0.286. The van der Waals surface area contributed by atoms with E-state index in [-0.39, 0.29) is 0 Å². The third-order valence-electron chi connectivity index (χ3n) is 1.52. The zero-order valence-corrected chi connectivity index (χ0v) is 7.59. The number of H-pyrrole nitrogens is 1. The van der Waals surface area contributed by atoms with Crippen LogP contribution >= 0.6 is 11.6 Å². The summed E-state index contributed by atoms with van der Waals surface area (Å²) >= 11 is 5.06. The third kappa shape index (κ3) is 2.06. The van der Waals surface area contributed by atoms with Gasteiger partial charge in [-0.25, -0.2) is 4.79 Å². The van der Waals surface area contributed by atoms with Gasteiger partial charge in [0.25, 0.3) is 5.56 Å². The first-order chi connectivity index (χ1) is 6.02. The maximum absolute atomic E-state index is 11.3. The number of hydrogen-bond donors (Lipinski definition) is 1. The lowest BCUT2D eigenvalue weighted by atomic mass is 10.4. The molecule has 0 atom stereocenters. The maximum atomic E-state index is 11.3. The number of carbonyl (C=O) groups is 1. The smallest absolute Gasteiger partial charge is 0.314 e. The summed E-state index contributed by atoms with van der Waals surface area (Å²) in [5.74, 6) is 0. The molecule has 0 bridgehead atoms. The van der Waals surface area contributed by atoms with Crippen molar-refractivity contribution in [3.05, 3.63) is 32.6 Å². The Morgan fingerprint density at radius 2 is 2.23 bits per heavy atom. The van der Waals surface area contributed by atoms with Crippen LogP contribution in [0.4, 0.5) is 0 Å². The number of aryl methyl sites for hydroxylation is 1. The molecule has 0 spiro atoms. The van der Waals surface area contributed by atoms with Crippen LogP contribution in [0.1, 0.15) is 5.56 Å². The predicted octanol–water partition coefficient (Wildman–Crippen LogP) is -0.390. The van der Waals surface area contributed by atoms with Gasteiger partial charge in [0.15, 0.2) is 0 Å². The van der Waals surface area contributed by atoms with Gasteiger partial charge in [-0.3, -0.25) is 14.2 Å². The van der Waals surface area contributed by atoms with Gasteiger partial charge in [-0.15, -0.1) is 0 Å². The molecule has 0 radical (unpaired) electrons. The van der Waals surface area contributed by atoms with E-state index >= 15 is 0 Å². The van der Waals surface area contributed by atoms with Gasteiger partial charge in [-0.2, -0.15) is 0 Å². The monoisotopic (exact) mass is 202 g/mol. The quantitative estimate of drug-likeness (QED) is 0.664. The minimum Gasteiger partial charge on any atom is -0.314 e. The fourth-order valence-electron chi connectivity index (χ4n) is 0.883. The number of nitrogens with zero attached hydrogens (tertiary/aromatic N) is 1. The summed E-state index contributed by atoms with van der Waals surface area (Å²) in [5.41, 5.74) is -0.778. The second kappa shape index (κ2) is 3.57. The molecule has 1 heterocycles. The molecule has 0 unspecified atom stereocenters. The van der Waals surface area contributed by atoms with Crippen LogP contribution in [0.15, 0.2) is 15.8 Å². The molecule has 0 aliphatic carbocycles. The van der Waals surface area contributed by atoms with Crippen LogP contribution < -0.4 is 11.2 Å². The fourth-order valence-corrected chi connectivity index (χ4v) is 1.00. The average Bonchev–Trinajstić information content (AvgIpc) is 2.05. The van der Waals surface area contributed by atoms with Gasteiger partial charge < -0.3 is 4.98 Å². The standard InChI is InChI=1S/C7H7ClN2O3/c1-4-2-9-7(13)10(6(4)12)3-5(8)11/h2H,3H2,1H3,(H,9,13). The molecule has 1 N–H and O–H groups in total. The summed E-state index contributed by atoms with van der Waals surface area (Å²) in [6, 6.07) is 0. The van der Waals surface area contributed by atoms with Crippen molar-refractivity contribution in [2.75, 3.05) is 0 Å². The molecule has 0 aliphatic heterocycles. The lowest BCUT2D eigenvalue weighted by Crippen LogP contribution is -2.37. The molecule has 70 valence electrons. The number of halogens is 1. The van der Waals surface area contributed by atoms with Gasteiger partial charge in [-0.05, 0) is 18.5 Å². The van der Waals surface area contributed by atoms with E-state index in [1.54, 1.807) is 0 Å². The summed E-state index contributed by atoms with van der Waals surface area (Å²) in [5, 5.41) is -0.752. The lowest BCUT2D eigenvalue weighted by molar-refractivity contribution is -0.112. The minimum absolute atomic E-state index is 0.359. The van der Waals surface area contributed by atoms with E-state index in [0.29, 0.717) is 5.56 Å². The summed E-state index contributed by atoms with van der Waals surface area (Å²) in [6.07, 6.45) is 1.29. The van der Waals surface area contributed by atoms with Crippen molar-refractivity contribution in [1.82, 2.24) is 9.55 Å². The highest BCUT2D eigenvalue weighted by molar-refractivity contribution is 6.63. The van der Waals surface area contributed by atoms with Gasteiger partial charge in [0.05, 0.1) is 0 Å². The third-order valence-corrected chi connectivity index (χ3v) is 1.64. The Hall–Kier alpha value is -1.36. The summed E-state index contributed by atoms with van der Waals surface area (Å²) < 4.78 is 0.755. The van der Waals surface area contributed by atoms with E-state index in [9.17, 15) is 14.4 Å². The van der Waals surface area contributed by atoms with Gasteiger partial charge >= 0.3 is 5.69 Å². The Morgan fingerprint density at radius 3 is 2.77 bits per heavy atom. The van der Waals surface area contributed by atoms with Crippen LogP contribution in [0, 0.1) is 6.92 Å². The number of carbonyl (C=O) groups excluding carboxylic acids is 1. The van der Waals surface area contributed by atoms with Crippen molar-refractivity contribution in [3.63, 3.8) is 0 Å². The first kappa shape index (κ1) is 9.73. The molecule has 0 fully saturated rings. The van der Waals surface area contributed by atoms with E-state index in [0.717, 1.165) is 4.57 Å². The zero-order valence-electron chi connectivity index (χ0n) is 6.83. The minimum atomic E-state index is -0.752. The molecule has 1 rings (SSSR count). The molecule has 0 amide bonds. The highest BCUT2D eigenvalue weighted by Gasteiger charge is 2.06. The zero-order chi connectivity index (χ0) is 10.0. The van der Waals surface area contributed by atoms with Crippen molar-refractivity contribution in [1.29, 1.82) is 0 Å². The van der Waals surface area contributed by atoms with Crippen molar-refractivity contribution >= 4 is 16.8 Å². The van der Waals surface area contributed by atoms with Crippen molar-refractivity contribution in [2.24, 2.45) is 0 Å². The second-order valence-electron chi connectivity index (χ2n) is 2.52. The molecular weight excluding hydrogens is 196 g/mol. The van der Waals surface area contributed by atoms with Crippen LogP contribution in [0.2, 0.25) is 0 Å². The first-order valence-corrected chi connectivity index (χ1v) is 3.87. The van der Waals surface area contributed by atoms with E-state index in [1.165, 1.54) is 13.1 Å². The molecule has 6 heteroatoms. The lowest BCUT2D eigenvalue weighted by Gasteiger charge is -2.00. The molecule has 13 heavy (non-hydrogen) atoms. The Kier molecular flexibility index (Phi) is 2.67. The van der Waals surface area contributed by atoms with E-state index in [2.05, 4.69) is 4.98 Å². The number of aromatic amines is 1. The van der Waals surface area contributed by atoms with Gasteiger partial charge in [0.2, 0.25) is 5.24 Å². The Balaban J connectivity index is 3.35. The molecule has 0 saturated carbocycles. The Morgan fingerprint density at radius 1 is 1.62 bits per heavy atom. The highest BCUT2D eigenvalue weighted by Crippen LogP contribution is 1.84. The van der Waals surface area contributed by atoms with Crippen LogP contribution in [-0.4, -0.2) is 14.8 Å². The second-order valence-corrected chi connectivity index (χ2v) is 2.94. The maximum Gasteiger partial charge on any atom is 0.328 e. The van der Waals surface area contributed by atoms with Gasteiger partial charge in [0, 0.05) is 11.8 Å². The van der Waals surface area contributed by atoms with Crippen molar-refractivity contribution < 1.29 is 4.79 Å². The summed E-state index contributed by atoms with van der Waals surface area (Å²) in [7, 11) is 0. The normalized spacial score (nSPS) is 10.0. The van der Waals surface area contributed by atoms with Crippen molar-refractivity contribution in [2.45, 2.75) is 13.5 Å². The first-order valence-electron chi connectivity index (χ1n) is 3.50. The summed E-state index contributed by atoms with van der Waals surface area (Å²) in [6.45, 7) is 1.13. The van der Waals surface area contributed by atoms with E-state index in [4.69, 9.17) is 11.6 Å². The molecule has 5 nitrogen and oxygen atoms in total.